The van der Waals surface area contributed by atoms with E-state index in [1.807, 2.05) is 0 Å². The van der Waals surface area contributed by atoms with Gasteiger partial charge in [0.15, 0.2) is 11.5 Å². The smallest absolute Gasteiger partial charge is 0.319 e. The first kappa shape index (κ1) is 22.2. The number of anilines is 1. The van der Waals surface area contributed by atoms with Gasteiger partial charge < -0.3 is 36.7 Å². The average Bonchev–Trinajstić information content (AvgIpc) is 3.13. The van der Waals surface area contributed by atoms with Crippen LogP contribution in [0.4, 0.5) is 10.5 Å². The van der Waals surface area contributed by atoms with E-state index in [9.17, 15) is 14.7 Å². The molecular weight excluding hydrogens is 402 g/mol. The number of carbonyl (C=O) groups excluding carboxylic acids is 2. The van der Waals surface area contributed by atoms with Gasteiger partial charge >= 0.3 is 6.03 Å². The summed E-state index contributed by atoms with van der Waals surface area (Å²) in [5, 5.41) is 16.3. The maximum absolute atomic E-state index is 12.4. The Labute approximate surface area is 179 Å². The van der Waals surface area contributed by atoms with E-state index < -0.39 is 5.91 Å². The molecule has 2 atom stereocenters. The van der Waals surface area contributed by atoms with Gasteiger partial charge in [-0.05, 0) is 37.5 Å². The fourth-order valence-electron chi connectivity index (χ4n) is 3.43. The van der Waals surface area contributed by atoms with E-state index in [1.165, 1.54) is 7.11 Å². The molecule has 166 valence electrons. The maximum atomic E-state index is 12.4. The number of phenols is 1. The molecule has 31 heavy (non-hydrogen) atoms. The van der Waals surface area contributed by atoms with E-state index in [1.54, 1.807) is 30.3 Å². The number of aromatic nitrogens is 1. The van der Waals surface area contributed by atoms with Crippen molar-refractivity contribution < 1.29 is 24.2 Å². The lowest BCUT2D eigenvalue weighted by Crippen LogP contribution is -2.37. The van der Waals surface area contributed by atoms with Crippen LogP contribution in [0.5, 0.6) is 17.4 Å². The zero-order chi connectivity index (χ0) is 22.4. The second kappa shape index (κ2) is 9.98. The van der Waals surface area contributed by atoms with Crippen LogP contribution in [0.2, 0.25) is 0 Å². The molecular formula is C21H27N5O5. The van der Waals surface area contributed by atoms with E-state index in [2.05, 4.69) is 15.6 Å². The van der Waals surface area contributed by atoms with Crippen molar-refractivity contribution in [3.63, 3.8) is 0 Å². The number of amides is 3. The highest BCUT2D eigenvalue weighted by atomic mass is 16.5. The highest BCUT2D eigenvalue weighted by Gasteiger charge is 2.23. The first-order valence-electron chi connectivity index (χ1n) is 9.98. The number of nitrogens with two attached hydrogens (primary N) is 2. The van der Waals surface area contributed by atoms with Crippen molar-refractivity contribution in [2.75, 3.05) is 19.0 Å². The molecule has 3 amide bonds. The predicted octanol–water partition coefficient (Wildman–Crippen LogP) is 1.72. The van der Waals surface area contributed by atoms with Gasteiger partial charge in [0.25, 0.3) is 0 Å². The number of aromatic hydroxyl groups is 1. The molecule has 1 aliphatic rings. The molecule has 0 saturated heterocycles. The summed E-state index contributed by atoms with van der Waals surface area (Å²) in [5.74, 6) is -0.204. The summed E-state index contributed by atoms with van der Waals surface area (Å²) in [6, 6.07) is 7.89. The third-order valence-corrected chi connectivity index (χ3v) is 4.96. The van der Waals surface area contributed by atoms with Crippen LogP contribution >= 0.6 is 0 Å². The van der Waals surface area contributed by atoms with Crippen LogP contribution in [0.15, 0.2) is 30.3 Å². The molecule has 3 rings (SSSR count). The Morgan fingerprint density at radius 3 is 2.77 bits per heavy atom. The van der Waals surface area contributed by atoms with Crippen LogP contribution in [-0.2, 0) is 4.79 Å². The second-order valence-electron chi connectivity index (χ2n) is 7.37. The molecule has 1 aromatic carbocycles. The molecule has 0 spiro atoms. The summed E-state index contributed by atoms with van der Waals surface area (Å²) < 4.78 is 10.7. The van der Waals surface area contributed by atoms with Gasteiger partial charge in [0.1, 0.15) is 0 Å². The Kier molecular flexibility index (Phi) is 7.14. The first-order chi connectivity index (χ1) is 14.9. The average molecular weight is 429 g/mol. The van der Waals surface area contributed by atoms with Gasteiger partial charge in [0.05, 0.1) is 25.8 Å². The number of rotatable bonds is 8. The summed E-state index contributed by atoms with van der Waals surface area (Å²) in [4.78, 5) is 27.6. The number of nitrogens with one attached hydrogen (secondary N) is 2. The number of carbonyl (C=O) groups is 2. The summed E-state index contributed by atoms with van der Waals surface area (Å²) in [5.41, 5.74) is 12.2. The molecule has 7 N–H and O–H groups in total. The molecule has 0 bridgehead atoms. The number of pyridine rings is 1. The fraction of sp³-hybridized carbons (Fsp3) is 0.381. The molecule has 1 aromatic heterocycles. The van der Waals surface area contributed by atoms with Gasteiger partial charge in [-0.1, -0.05) is 6.07 Å². The third-order valence-electron chi connectivity index (χ3n) is 4.96. The van der Waals surface area contributed by atoms with Gasteiger partial charge in [0.2, 0.25) is 11.8 Å². The van der Waals surface area contributed by atoms with Crippen molar-refractivity contribution in [2.24, 2.45) is 11.5 Å². The lowest BCUT2D eigenvalue weighted by molar-refractivity contribution is -0.118. The molecule has 0 aliphatic heterocycles. The minimum absolute atomic E-state index is 0.0240. The van der Waals surface area contributed by atoms with Gasteiger partial charge in [-0.2, -0.15) is 0 Å². The van der Waals surface area contributed by atoms with E-state index >= 15 is 0 Å². The molecule has 10 heteroatoms. The SMILES string of the molecule is COc1cc(NC(=O)N[C@@H]2CC[C@H](N)C2)cc(-c2cccc(OCCC(N)=O)c2O)n1. The summed E-state index contributed by atoms with van der Waals surface area (Å²) in [7, 11) is 1.46. The molecule has 2 aromatic rings. The zero-order valence-electron chi connectivity index (χ0n) is 17.3. The lowest BCUT2D eigenvalue weighted by Gasteiger charge is -2.15. The Bertz CT molecular complexity index is 952. The molecule has 0 unspecified atom stereocenters. The molecule has 10 nitrogen and oxygen atoms in total. The van der Waals surface area contributed by atoms with Gasteiger partial charge in [-0.25, -0.2) is 9.78 Å². The van der Waals surface area contributed by atoms with Crippen molar-refractivity contribution in [3.05, 3.63) is 30.3 Å². The van der Waals surface area contributed by atoms with E-state index in [0.717, 1.165) is 19.3 Å². The topological polar surface area (TPSA) is 162 Å². The molecule has 1 aliphatic carbocycles. The van der Waals surface area contributed by atoms with Crippen molar-refractivity contribution in [3.8, 4) is 28.6 Å². The Hall–Kier alpha value is -3.53. The number of ether oxygens (including phenoxy) is 2. The number of nitrogens with zero attached hydrogens (tertiary/aromatic N) is 1. The number of methoxy groups -OCH3 is 1. The second-order valence-corrected chi connectivity index (χ2v) is 7.37. The number of hydrogen-bond acceptors (Lipinski definition) is 7. The van der Waals surface area contributed by atoms with Crippen molar-refractivity contribution in [1.82, 2.24) is 10.3 Å². The lowest BCUT2D eigenvalue weighted by atomic mass is 10.1. The van der Waals surface area contributed by atoms with Gasteiger partial charge in [0, 0.05) is 29.4 Å². The predicted molar refractivity (Wildman–Crippen MR) is 115 cm³/mol. The molecule has 1 fully saturated rings. The van der Waals surface area contributed by atoms with E-state index in [-0.39, 0.29) is 48.5 Å². The number of urea groups is 1. The number of phenolic OH excluding ortho intramolecular Hbond substituents is 1. The Morgan fingerprint density at radius 1 is 1.29 bits per heavy atom. The first-order valence-corrected chi connectivity index (χ1v) is 9.98. The highest BCUT2D eigenvalue weighted by molar-refractivity contribution is 5.90. The minimum Gasteiger partial charge on any atom is -0.504 e. The van der Waals surface area contributed by atoms with Gasteiger partial charge in [-0.15, -0.1) is 0 Å². The number of hydrogen-bond donors (Lipinski definition) is 5. The fourth-order valence-corrected chi connectivity index (χ4v) is 3.43. The van der Waals surface area contributed by atoms with Crippen LogP contribution in [0, 0.1) is 0 Å². The highest BCUT2D eigenvalue weighted by Crippen LogP contribution is 2.37. The van der Waals surface area contributed by atoms with Gasteiger partial charge in [-0.3, -0.25) is 4.79 Å². The number of para-hydroxylation sites is 1. The Morgan fingerprint density at radius 2 is 2.10 bits per heavy atom. The van der Waals surface area contributed by atoms with Crippen LogP contribution < -0.4 is 31.6 Å². The third kappa shape index (κ3) is 5.98. The van der Waals surface area contributed by atoms with Crippen LogP contribution in [-0.4, -0.2) is 47.8 Å². The monoisotopic (exact) mass is 429 g/mol. The van der Waals surface area contributed by atoms with Crippen LogP contribution in [0.3, 0.4) is 0 Å². The summed E-state index contributed by atoms with van der Waals surface area (Å²) in [6.07, 6.45) is 2.50. The van der Waals surface area contributed by atoms with Crippen molar-refractivity contribution in [2.45, 2.75) is 37.8 Å². The number of primary amides is 1. The zero-order valence-corrected chi connectivity index (χ0v) is 17.3. The molecule has 0 radical (unpaired) electrons. The van der Waals surface area contributed by atoms with Crippen molar-refractivity contribution in [1.29, 1.82) is 0 Å². The van der Waals surface area contributed by atoms with Crippen molar-refractivity contribution >= 4 is 17.6 Å². The summed E-state index contributed by atoms with van der Waals surface area (Å²) in [6.45, 7) is 0.0374. The van der Waals surface area contributed by atoms with E-state index in [0.29, 0.717) is 16.9 Å². The van der Waals surface area contributed by atoms with E-state index in [4.69, 9.17) is 20.9 Å². The Balaban J connectivity index is 1.78. The number of benzene rings is 1. The standard InChI is InChI=1S/C21H27N5O5/c1-30-19-11-14(25-21(29)24-13-6-5-12(22)9-13)10-16(26-19)15-3-2-4-17(20(15)28)31-8-7-18(23)27/h2-4,10-13,28H,5-9,22H2,1H3,(H2,23,27)(H2,24,25,26,29)/t12-,13+/m0/s1. The maximum Gasteiger partial charge on any atom is 0.319 e. The molecule has 1 saturated carbocycles. The minimum atomic E-state index is -0.501. The van der Waals surface area contributed by atoms with Crippen LogP contribution in [0.1, 0.15) is 25.7 Å². The molecule has 1 heterocycles. The largest absolute Gasteiger partial charge is 0.504 e. The quantitative estimate of drug-likeness (QED) is 0.427. The normalized spacial score (nSPS) is 17.7. The summed E-state index contributed by atoms with van der Waals surface area (Å²) >= 11 is 0. The van der Waals surface area contributed by atoms with Crippen LogP contribution in [0.25, 0.3) is 11.3 Å².